The monoisotopic (exact) mass is 343 g/mol. The second-order valence-electron chi connectivity index (χ2n) is 4.59. The van der Waals surface area contributed by atoms with E-state index in [2.05, 4.69) is 10.1 Å². The van der Waals surface area contributed by atoms with E-state index < -0.39 is 30.1 Å². The summed E-state index contributed by atoms with van der Waals surface area (Å²) < 4.78 is 49.6. The van der Waals surface area contributed by atoms with E-state index in [1.165, 1.54) is 37.5 Å². The van der Waals surface area contributed by atoms with E-state index in [0.717, 1.165) is 12.1 Å². The van der Waals surface area contributed by atoms with Crippen molar-refractivity contribution < 1.29 is 36.7 Å². The van der Waals surface area contributed by atoms with Crippen molar-refractivity contribution in [2.24, 2.45) is 0 Å². The Morgan fingerprint density at radius 1 is 1.17 bits per heavy atom. The lowest BCUT2D eigenvalue weighted by atomic mass is 10.3. The fraction of sp³-hybridized carbons (Fsp3) is 0.200. The van der Waals surface area contributed by atoms with Crippen molar-refractivity contribution in [3.05, 3.63) is 48.4 Å². The van der Waals surface area contributed by atoms with Crippen LogP contribution in [0.1, 0.15) is 17.5 Å². The number of amides is 1. The fourth-order valence-corrected chi connectivity index (χ4v) is 1.65. The smallest absolute Gasteiger partial charge is 0.457 e. The van der Waals surface area contributed by atoms with Gasteiger partial charge in [-0.3, -0.25) is 4.79 Å². The largest absolute Gasteiger partial charge is 0.573 e. The highest BCUT2D eigenvalue weighted by Gasteiger charge is 2.31. The Balaban J connectivity index is 1.90. The van der Waals surface area contributed by atoms with Gasteiger partial charge in [0, 0.05) is 5.69 Å². The lowest BCUT2D eigenvalue weighted by molar-refractivity contribution is -0.274. The minimum Gasteiger partial charge on any atom is -0.457 e. The molecule has 1 N–H and O–H groups in total. The van der Waals surface area contributed by atoms with Crippen molar-refractivity contribution in [3.8, 4) is 5.75 Å². The number of esters is 1. The van der Waals surface area contributed by atoms with Crippen LogP contribution in [0.25, 0.3) is 0 Å². The first kappa shape index (κ1) is 17.4. The molecule has 6 nitrogen and oxygen atoms in total. The predicted octanol–water partition coefficient (Wildman–Crippen LogP) is 3.36. The normalized spacial score (nSPS) is 12.3. The Kier molecular flexibility index (Phi) is 5.12. The third-order valence-corrected chi connectivity index (χ3v) is 2.73. The molecular weight excluding hydrogens is 331 g/mol. The zero-order valence-electron chi connectivity index (χ0n) is 12.3. The third-order valence-electron chi connectivity index (χ3n) is 2.73. The molecule has 0 aliphatic carbocycles. The number of ether oxygens (including phenoxy) is 2. The van der Waals surface area contributed by atoms with Crippen LogP contribution in [0.3, 0.4) is 0 Å². The summed E-state index contributed by atoms with van der Waals surface area (Å²) in [6.07, 6.45) is -4.64. The SMILES string of the molecule is CC(OC(=O)c1ccco1)C(=O)Nc1ccc(OC(F)(F)F)cc1. The van der Waals surface area contributed by atoms with Crippen molar-refractivity contribution in [1.82, 2.24) is 0 Å². The average molecular weight is 343 g/mol. The number of alkyl halides is 3. The number of furan rings is 1. The van der Waals surface area contributed by atoms with Crippen molar-refractivity contribution in [3.63, 3.8) is 0 Å². The van der Waals surface area contributed by atoms with E-state index in [0.29, 0.717) is 0 Å². The number of carbonyl (C=O) groups excluding carboxylic acids is 2. The van der Waals surface area contributed by atoms with Crippen LogP contribution in [0.4, 0.5) is 18.9 Å². The number of halogens is 3. The molecule has 24 heavy (non-hydrogen) atoms. The van der Waals surface area contributed by atoms with E-state index >= 15 is 0 Å². The first-order chi connectivity index (χ1) is 11.2. The van der Waals surface area contributed by atoms with Gasteiger partial charge in [-0.25, -0.2) is 4.79 Å². The summed E-state index contributed by atoms with van der Waals surface area (Å²) in [5, 5.41) is 2.40. The second-order valence-corrected chi connectivity index (χ2v) is 4.59. The lowest BCUT2D eigenvalue weighted by Gasteiger charge is -2.13. The number of nitrogens with one attached hydrogen (secondary N) is 1. The van der Waals surface area contributed by atoms with Crippen LogP contribution in [-0.4, -0.2) is 24.3 Å². The van der Waals surface area contributed by atoms with E-state index in [1.54, 1.807) is 0 Å². The van der Waals surface area contributed by atoms with E-state index in [1.807, 2.05) is 0 Å². The molecule has 0 saturated heterocycles. The van der Waals surface area contributed by atoms with Gasteiger partial charge in [0.15, 0.2) is 6.10 Å². The molecule has 1 aromatic heterocycles. The van der Waals surface area contributed by atoms with Gasteiger partial charge in [-0.2, -0.15) is 0 Å². The van der Waals surface area contributed by atoms with Gasteiger partial charge in [-0.15, -0.1) is 13.2 Å². The van der Waals surface area contributed by atoms with Gasteiger partial charge in [-0.1, -0.05) is 0 Å². The highest BCUT2D eigenvalue weighted by Crippen LogP contribution is 2.24. The molecule has 0 aliphatic heterocycles. The molecule has 1 heterocycles. The quantitative estimate of drug-likeness (QED) is 0.842. The van der Waals surface area contributed by atoms with Crippen LogP contribution in [0.15, 0.2) is 47.1 Å². The topological polar surface area (TPSA) is 77.8 Å². The molecule has 1 atom stereocenters. The van der Waals surface area contributed by atoms with Crippen LogP contribution < -0.4 is 10.1 Å². The van der Waals surface area contributed by atoms with Gasteiger partial charge in [0.2, 0.25) is 5.76 Å². The maximum atomic E-state index is 12.0. The Hall–Kier alpha value is -2.97. The second kappa shape index (κ2) is 7.07. The van der Waals surface area contributed by atoms with Gasteiger partial charge in [0.1, 0.15) is 5.75 Å². The molecule has 128 valence electrons. The van der Waals surface area contributed by atoms with Crippen LogP contribution in [0.2, 0.25) is 0 Å². The number of rotatable bonds is 5. The minimum absolute atomic E-state index is 0.0525. The van der Waals surface area contributed by atoms with Gasteiger partial charge in [0.25, 0.3) is 5.91 Å². The first-order valence-corrected chi connectivity index (χ1v) is 6.66. The summed E-state index contributed by atoms with van der Waals surface area (Å²) in [5.41, 5.74) is 0.218. The first-order valence-electron chi connectivity index (χ1n) is 6.66. The zero-order valence-corrected chi connectivity index (χ0v) is 12.3. The summed E-state index contributed by atoms with van der Waals surface area (Å²) in [4.78, 5) is 23.5. The fourth-order valence-electron chi connectivity index (χ4n) is 1.65. The Labute approximate surface area is 134 Å². The summed E-state index contributed by atoms with van der Waals surface area (Å²) in [5.74, 6) is -1.93. The average Bonchev–Trinajstić information content (AvgIpc) is 3.02. The molecular formula is C15H12F3NO5. The number of hydrogen-bond acceptors (Lipinski definition) is 5. The van der Waals surface area contributed by atoms with Crippen LogP contribution in [0, 0.1) is 0 Å². The van der Waals surface area contributed by atoms with Gasteiger partial charge in [0.05, 0.1) is 6.26 Å². The molecule has 1 amide bonds. The zero-order chi connectivity index (χ0) is 17.7. The highest BCUT2D eigenvalue weighted by molar-refractivity contribution is 5.96. The number of anilines is 1. The molecule has 0 bridgehead atoms. The summed E-state index contributed by atoms with van der Waals surface area (Å²) >= 11 is 0. The lowest BCUT2D eigenvalue weighted by Crippen LogP contribution is -2.29. The summed E-state index contributed by atoms with van der Waals surface area (Å²) in [6, 6.07) is 7.41. The number of hydrogen-bond donors (Lipinski definition) is 1. The molecule has 0 spiro atoms. The van der Waals surface area contributed by atoms with Gasteiger partial charge in [-0.05, 0) is 43.3 Å². The van der Waals surface area contributed by atoms with Crippen LogP contribution in [-0.2, 0) is 9.53 Å². The van der Waals surface area contributed by atoms with E-state index in [9.17, 15) is 22.8 Å². The summed E-state index contributed by atoms with van der Waals surface area (Å²) in [6.45, 7) is 1.34. The van der Waals surface area contributed by atoms with Crippen molar-refractivity contribution >= 4 is 17.6 Å². The van der Waals surface area contributed by atoms with Crippen molar-refractivity contribution in [2.75, 3.05) is 5.32 Å². The van der Waals surface area contributed by atoms with Crippen molar-refractivity contribution in [2.45, 2.75) is 19.4 Å². The molecule has 9 heteroatoms. The Morgan fingerprint density at radius 3 is 2.38 bits per heavy atom. The van der Waals surface area contributed by atoms with Crippen LogP contribution in [0.5, 0.6) is 5.75 Å². The van der Waals surface area contributed by atoms with Crippen molar-refractivity contribution in [1.29, 1.82) is 0 Å². The Morgan fingerprint density at radius 2 is 1.83 bits per heavy atom. The Bertz CT molecular complexity index is 695. The molecule has 0 aliphatic rings. The van der Waals surface area contributed by atoms with E-state index in [-0.39, 0.29) is 11.4 Å². The predicted molar refractivity (Wildman–Crippen MR) is 75.3 cm³/mol. The maximum Gasteiger partial charge on any atom is 0.573 e. The van der Waals surface area contributed by atoms with Gasteiger partial charge < -0.3 is 19.2 Å². The van der Waals surface area contributed by atoms with Gasteiger partial charge >= 0.3 is 12.3 Å². The minimum atomic E-state index is -4.79. The molecule has 2 aromatic rings. The molecule has 0 radical (unpaired) electrons. The molecule has 2 rings (SSSR count). The highest BCUT2D eigenvalue weighted by atomic mass is 19.4. The number of benzene rings is 1. The number of carbonyl (C=O) groups is 2. The molecule has 1 unspecified atom stereocenters. The third kappa shape index (κ3) is 5.04. The summed E-state index contributed by atoms with van der Waals surface area (Å²) in [7, 11) is 0. The van der Waals surface area contributed by atoms with Crippen LogP contribution >= 0.6 is 0 Å². The maximum absolute atomic E-state index is 12.0. The molecule has 1 aromatic carbocycles. The standard InChI is InChI=1S/C15H12F3NO5/c1-9(23-14(21)12-3-2-8-22-12)13(20)19-10-4-6-11(7-5-10)24-15(16,17)18/h2-9H,1H3,(H,19,20). The van der Waals surface area contributed by atoms with E-state index in [4.69, 9.17) is 9.15 Å². The molecule has 0 saturated carbocycles. The molecule has 0 fully saturated rings.